The normalized spacial score (nSPS) is 30.1. The molecule has 2 saturated carbocycles. The molecule has 0 saturated heterocycles. The molecule has 0 aromatic heterocycles. The number of carbonyl (C=O) groups is 1. The second-order valence-corrected chi connectivity index (χ2v) is 8.98. The fraction of sp³-hybridized carbons (Fsp3) is 0.682. The molecule has 6 heteroatoms. The second kappa shape index (κ2) is 7.42. The fourth-order valence-electron chi connectivity index (χ4n) is 5.85. The molecule has 1 spiro atoms. The summed E-state index contributed by atoms with van der Waals surface area (Å²) in [6.45, 7) is 4.21. The minimum absolute atomic E-state index is 0. The van der Waals surface area contributed by atoms with Crippen molar-refractivity contribution >= 4 is 18.3 Å². The monoisotopic (exact) mass is 406 g/mol. The Balaban J connectivity index is 0.00000192. The van der Waals surface area contributed by atoms with Crippen LogP contribution in [0.3, 0.4) is 0 Å². The maximum absolute atomic E-state index is 13.4. The zero-order valence-electron chi connectivity index (χ0n) is 16.6. The molecule has 5 rings (SSSR count). The number of ether oxygens (including phenoxy) is 2. The summed E-state index contributed by atoms with van der Waals surface area (Å²) in [5, 5.41) is 0. The van der Waals surface area contributed by atoms with Gasteiger partial charge in [0.15, 0.2) is 11.5 Å². The summed E-state index contributed by atoms with van der Waals surface area (Å²) in [4.78, 5) is 15.6. The third kappa shape index (κ3) is 3.07. The lowest BCUT2D eigenvalue weighted by Gasteiger charge is -2.47. The van der Waals surface area contributed by atoms with E-state index in [9.17, 15) is 4.79 Å². The zero-order chi connectivity index (χ0) is 18.6. The van der Waals surface area contributed by atoms with Gasteiger partial charge in [0.05, 0.1) is 6.04 Å². The number of rotatable bonds is 1. The Bertz CT molecular complexity index is 762. The molecule has 5 nitrogen and oxygen atoms in total. The molecular weight excluding hydrogens is 376 g/mol. The van der Waals surface area contributed by atoms with E-state index in [0.717, 1.165) is 50.1 Å². The minimum Gasteiger partial charge on any atom is -0.486 e. The zero-order valence-corrected chi connectivity index (χ0v) is 17.4. The number of carbonyl (C=O) groups excluding carboxylic acids is 1. The number of nitrogens with zero attached hydrogens (tertiary/aromatic N) is 1. The van der Waals surface area contributed by atoms with Crippen LogP contribution in [0.1, 0.15) is 69.0 Å². The van der Waals surface area contributed by atoms with Crippen molar-refractivity contribution in [3.63, 3.8) is 0 Å². The summed E-state index contributed by atoms with van der Waals surface area (Å²) < 4.78 is 11.7. The van der Waals surface area contributed by atoms with Crippen LogP contribution < -0.4 is 15.2 Å². The minimum atomic E-state index is 0. The molecule has 2 aliphatic heterocycles. The Kier molecular flexibility index (Phi) is 5.25. The smallest absolute Gasteiger partial charge is 0.226 e. The standard InChI is InChI=1S/C22H30N2O3.ClH/c1-14-17-11-19-20(27-9-8-26-19)12-18(17)22(6-2-3-7-22)13-24(14)21(25)15-4-5-16(23)10-15;/h11-12,14-16H,2-10,13,23H2,1H3;1H. The highest BCUT2D eigenvalue weighted by Gasteiger charge is 2.47. The Morgan fingerprint density at radius 2 is 1.82 bits per heavy atom. The summed E-state index contributed by atoms with van der Waals surface area (Å²) >= 11 is 0. The van der Waals surface area contributed by atoms with Crippen LogP contribution in [-0.2, 0) is 10.2 Å². The lowest BCUT2D eigenvalue weighted by atomic mass is 9.71. The lowest BCUT2D eigenvalue weighted by molar-refractivity contribution is -0.139. The van der Waals surface area contributed by atoms with Gasteiger partial charge in [-0.25, -0.2) is 0 Å². The molecule has 2 aliphatic carbocycles. The van der Waals surface area contributed by atoms with Gasteiger partial charge in [-0.15, -0.1) is 12.4 Å². The number of hydrogen-bond donors (Lipinski definition) is 1. The summed E-state index contributed by atoms with van der Waals surface area (Å²) in [6.07, 6.45) is 7.52. The molecule has 1 aromatic carbocycles. The first-order valence-electron chi connectivity index (χ1n) is 10.6. The van der Waals surface area contributed by atoms with Crippen LogP contribution >= 0.6 is 12.4 Å². The molecule has 2 heterocycles. The molecule has 1 aromatic rings. The van der Waals surface area contributed by atoms with E-state index in [2.05, 4.69) is 24.0 Å². The molecule has 1 amide bonds. The van der Waals surface area contributed by atoms with Gasteiger partial charge in [0.25, 0.3) is 0 Å². The van der Waals surface area contributed by atoms with Crippen molar-refractivity contribution in [1.29, 1.82) is 0 Å². The van der Waals surface area contributed by atoms with E-state index < -0.39 is 0 Å². The van der Waals surface area contributed by atoms with Crippen LogP contribution in [-0.4, -0.2) is 36.6 Å². The van der Waals surface area contributed by atoms with Crippen molar-refractivity contribution in [3.05, 3.63) is 23.3 Å². The van der Waals surface area contributed by atoms with Crippen LogP contribution in [0, 0.1) is 5.92 Å². The highest BCUT2D eigenvalue weighted by Crippen LogP contribution is 2.52. The third-order valence-electron chi connectivity index (χ3n) is 7.34. The molecular formula is C22H31ClN2O3. The van der Waals surface area contributed by atoms with Gasteiger partial charge in [-0.05, 0) is 62.3 Å². The van der Waals surface area contributed by atoms with Crippen molar-refractivity contribution in [2.24, 2.45) is 11.7 Å². The van der Waals surface area contributed by atoms with Gasteiger partial charge in [0.2, 0.25) is 5.91 Å². The van der Waals surface area contributed by atoms with Crippen LogP contribution in [0.15, 0.2) is 12.1 Å². The quantitative estimate of drug-likeness (QED) is 0.771. The Hall–Kier alpha value is -1.46. The Morgan fingerprint density at radius 3 is 2.46 bits per heavy atom. The highest BCUT2D eigenvalue weighted by atomic mass is 35.5. The molecule has 3 atom stereocenters. The Labute approximate surface area is 173 Å². The number of amides is 1. The molecule has 154 valence electrons. The van der Waals surface area contributed by atoms with Crippen molar-refractivity contribution in [1.82, 2.24) is 4.90 Å². The van der Waals surface area contributed by atoms with Gasteiger partial charge in [0, 0.05) is 23.9 Å². The average Bonchev–Trinajstić information content (AvgIpc) is 3.33. The van der Waals surface area contributed by atoms with Gasteiger partial charge in [-0.2, -0.15) is 0 Å². The van der Waals surface area contributed by atoms with Gasteiger partial charge < -0.3 is 20.1 Å². The maximum Gasteiger partial charge on any atom is 0.226 e. The van der Waals surface area contributed by atoms with E-state index in [1.165, 1.54) is 24.0 Å². The van der Waals surface area contributed by atoms with Crippen molar-refractivity contribution < 1.29 is 14.3 Å². The summed E-state index contributed by atoms with van der Waals surface area (Å²) in [5.74, 6) is 2.11. The molecule has 0 radical (unpaired) electrons. The number of halogens is 1. The second-order valence-electron chi connectivity index (χ2n) is 8.98. The Morgan fingerprint density at radius 1 is 1.14 bits per heavy atom. The predicted octanol–water partition coefficient (Wildman–Crippen LogP) is 3.72. The number of nitrogens with two attached hydrogens (primary N) is 1. The van der Waals surface area contributed by atoms with E-state index in [1.54, 1.807) is 0 Å². The molecule has 2 fully saturated rings. The number of benzene rings is 1. The van der Waals surface area contributed by atoms with E-state index in [0.29, 0.717) is 19.1 Å². The van der Waals surface area contributed by atoms with E-state index in [-0.39, 0.29) is 35.8 Å². The summed E-state index contributed by atoms with van der Waals surface area (Å²) in [7, 11) is 0. The first-order chi connectivity index (χ1) is 13.1. The summed E-state index contributed by atoms with van der Waals surface area (Å²) in [5.41, 5.74) is 8.82. The number of fused-ring (bicyclic) bond motifs is 3. The average molecular weight is 407 g/mol. The first-order valence-corrected chi connectivity index (χ1v) is 10.6. The van der Waals surface area contributed by atoms with Crippen LogP contribution in [0.2, 0.25) is 0 Å². The van der Waals surface area contributed by atoms with Crippen molar-refractivity contribution in [2.75, 3.05) is 19.8 Å². The number of hydrogen-bond acceptors (Lipinski definition) is 4. The van der Waals surface area contributed by atoms with Crippen LogP contribution in [0.25, 0.3) is 0 Å². The van der Waals surface area contributed by atoms with Crippen LogP contribution in [0.4, 0.5) is 0 Å². The highest BCUT2D eigenvalue weighted by molar-refractivity contribution is 5.85. The molecule has 2 N–H and O–H groups in total. The van der Waals surface area contributed by atoms with Gasteiger partial charge in [-0.3, -0.25) is 4.79 Å². The first kappa shape index (κ1) is 19.8. The van der Waals surface area contributed by atoms with Gasteiger partial charge >= 0.3 is 0 Å². The largest absolute Gasteiger partial charge is 0.486 e. The topological polar surface area (TPSA) is 64.8 Å². The molecule has 0 bridgehead atoms. The predicted molar refractivity (Wildman–Crippen MR) is 110 cm³/mol. The summed E-state index contributed by atoms with van der Waals surface area (Å²) in [6, 6.07) is 4.63. The van der Waals surface area contributed by atoms with E-state index in [4.69, 9.17) is 15.2 Å². The molecule has 3 unspecified atom stereocenters. The van der Waals surface area contributed by atoms with Gasteiger partial charge in [0.1, 0.15) is 13.2 Å². The van der Waals surface area contributed by atoms with E-state index >= 15 is 0 Å². The fourth-order valence-corrected chi connectivity index (χ4v) is 5.85. The van der Waals surface area contributed by atoms with Gasteiger partial charge in [-0.1, -0.05) is 12.8 Å². The maximum atomic E-state index is 13.4. The SMILES string of the molecule is CC1c2cc3c(cc2C2(CCCC2)CN1C(=O)C1CCC(N)C1)OCCO3.Cl. The molecule has 28 heavy (non-hydrogen) atoms. The van der Waals surface area contributed by atoms with Crippen molar-refractivity contribution in [2.45, 2.75) is 69.4 Å². The third-order valence-corrected chi connectivity index (χ3v) is 7.34. The van der Waals surface area contributed by atoms with Crippen LogP contribution in [0.5, 0.6) is 11.5 Å². The van der Waals surface area contributed by atoms with E-state index in [1.807, 2.05) is 0 Å². The lowest BCUT2D eigenvalue weighted by Crippen LogP contribution is -2.50. The van der Waals surface area contributed by atoms with Crippen molar-refractivity contribution in [3.8, 4) is 11.5 Å². The molecule has 4 aliphatic rings.